The zero-order valence-corrected chi connectivity index (χ0v) is 9.94. The maximum absolute atomic E-state index is 11.3. The molecule has 0 saturated heterocycles. The first-order valence-corrected chi connectivity index (χ1v) is 5.61. The molecular weight excluding hydrogens is 244 g/mol. The van der Waals surface area contributed by atoms with Gasteiger partial charge in [0.25, 0.3) is 0 Å². The predicted octanol–water partition coefficient (Wildman–Crippen LogP) is 2.22. The van der Waals surface area contributed by atoms with Gasteiger partial charge in [-0.2, -0.15) is 0 Å². The smallest absolute Gasteiger partial charge is 0.311 e. The second-order valence-corrected chi connectivity index (χ2v) is 3.86. The Kier molecular flexibility index (Phi) is 5.66. The van der Waals surface area contributed by atoms with Gasteiger partial charge in [-0.1, -0.05) is 11.6 Å². The Labute approximate surface area is 104 Å². The molecule has 1 N–H and O–H groups in total. The summed E-state index contributed by atoms with van der Waals surface area (Å²) in [7, 11) is 0. The first-order chi connectivity index (χ1) is 8.17. The molecule has 0 fully saturated rings. The molecule has 0 bridgehead atoms. The second kappa shape index (κ2) is 7.04. The quantitative estimate of drug-likeness (QED) is 0.367. The highest BCUT2D eigenvalue weighted by molar-refractivity contribution is 6.33. The van der Waals surface area contributed by atoms with Crippen molar-refractivity contribution in [3.05, 3.63) is 28.8 Å². The summed E-state index contributed by atoms with van der Waals surface area (Å²) in [5.41, 5.74) is 0.353. The van der Waals surface area contributed by atoms with Gasteiger partial charge in [0, 0.05) is 24.7 Å². The van der Waals surface area contributed by atoms with Crippen LogP contribution in [0.2, 0.25) is 5.02 Å². The van der Waals surface area contributed by atoms with Gasteiger partial charge in [0.2, 0.25) is 0 Å². The number of carbonyl (C=O) groups is 2. The number of esters is 1. The molecule has 0 radical (unpaired) electrons. The molecule has 0 aromatic heterocycles. The van der Waals surface area contributed by atoms with Crippen molar-refractivity contribution in [2.75, 3.05) is 6.61 Å². The lowest BCUT2D eigenvalue weighted by atomic mass is 10.2. The van der Waals surface area contributed by atoms with Crippen molar-refractivity contribution in [2.24, 2.45) is 0 Å². The first-order valence-electron chi connectivity index (χ1n) is 5.23. The van der Waals surface area contributed by atoms with Crippen molar-refractivity contribution in [1.82, 2.24) is 0 Å². The van der Waals surface area contributed by atoms with E-state index in [1.807, 2.05) is 0 Å². The summed E-state index contributed by atoms with van der Waals surface area (Å²) in [6, 6.07) is 4.43. The summed E-state index contributed by atoms with van der Waals surface area (Å²) in [5.74, 6) is -0.0667. The van der Waals surface area contributed by atoms with Gasteiger partial charge in [-0.15, -0.1) is 0 Å². The molecule has 1 aromatic rings. The molecule has 17 heavy (non-hydrogen) atoms. The van der Waals surface area contributed by atoms with E-state index in [0.29, 0.717) is 30.4 Å². The van der Waals surface area contributed by atoms with E-state index in [0.717, 1.165) is 0 Å². The van der Waals surface area contributed by atoms with Gasteiger partial charge in [0.05, 0.1) is 5.02 Å². The van der Waals surface area contributed by atoms with Crippen LogP contribution in [0.3, 0.4) is 0 Å². The monoisotopic (exact) mass is 256 g/mol. The van der Waals surface area contributed by atoms with E-state index >= 15 is 0 Å². The summed E-state index contributed by atoms with van der Waals surface area (Å²) >= 11 is 5.78. The molecule has 0 saturated carbocycles. The van der Waals surface area contributed by atoms with Crippen molar-refractivity contribution in [3.63, 3.8) is 0 Å². The molecule has 4 nitrogen and oxygen atoms in total. The largest absolute Gasteiger partial charge is 0.426 e. The number of halogens is 1. The molecule has 92 valence electrons. The van der Waals surface area contributed by atoms with Crippen LogP contribution in [0.5, 0.6) is 5.75 Å². The number of aldehydes is 1. The summed E-state index contributed by atoms with van der Waals surface area (Å²) in [4.78, 5) is 21.9. The average molecular weight is 257 g/mol. The number of rotatable bonds is 6. The molecule has 1 rings (SSSR count). The fourth-order valence-electron chi connectivity index (χ4n) is 1.23. The van der Waals surface area contributed by atoms with Crippen LogP contribution >= 0.6 is 11.6 Å². The molecule has 0 heterocycles. The van der Waals surface area contributed by atoms with Gasteiger partial charge < -0.3 is 9.84 Å². The molecule has 0 unspecified atom stereocenters. The van der Waals surface area contributed by atoms with Crippen molar-refractivity contribution in [2.45, 2.75) is 19.3 Å². The Morgan fingerprint density at radius 1 is 1.41 bits per heavy atom. The molecule has 0 amide bonds. The minimum atomic E-state index is -0.381. The third kappa shape index (κ3) is 4.54. The molecule has 0 aliphatic rings. The minimum absolute atomic E-state index is 0.0626. The van der Waals surface area contributed by atoms with Crippen LogP contribution in [-0.2, 0) is 4.79 Å². The summed E-state index contributed by atoms with van der Waals surface area (Å²) in [6.45, 7) is 0.0626. The molecular formula is C12H13ClO4. The van der Waals surface area contributed by atoms with Gasteiger partial charge in [-0.25, -0.2) is 0 Å². The third-order valence-corrected chi connectivity index (χ3v) is 2.45. The molecule has 1 aromatic carbocycles. The number of benzene rings is 1. The number of unbranched alkanes of at least 4 members (excludes halogenated alkanes) is 1. The molecule has 5 heteroatoms. The van der Waals surface area contributed by atoms with Gasteiger partial charge in [0.1, 0.15) is 5.75 Å². The van der Waals surface area contributed by atoms with Crippen LogP contribution in [0.1, 0.15) is 29.6 Å². The SMILES string of the molecule is O=Cc1ccc(OC(=O)CCCCO)cc1Cl. The topological polar surface area (TPSA) is 63.6 Å². The zero-order chi connectivity index (χ0) is 12.7. The lowest BCUT2D eigenvalue weighted by Crippen LogP contribution is -2.07. The minimum Gasteiger partial charge on any atom is -0.426 e. The molecule has 0 aliphatic heterocycles. The van der Waals surface area contributed by atoms with Crippen LogP contribution < -0.4 is 4.74 Å². The Balaban J connectivity index is 2.54. The first kappa shape index (κ1) is 13.7. The van der Waals surface area contributed by atoms with Gasteiger partial charge in [0.15, 0.2) is 6.29 Å². The number of hydrogen-bond donors (Lipinski definition) is 1. The standard InChI is InChI=1S/C12H13ClO4/c13-11-7-10(5-4-9(11)8-15)17-12(16)3-1-2-6-14/h4-5,7-8,14H,1-3,6H2. The summed E-state index contributed by atoms with van der Waals surface area (Å²) in [5, 5.41) is 8.81. The summed E-state index contributed by atoms with van der Waals surface area (Å²) in [6.07, 6.45) is 2.03. The second-order valence-electron chi connectivity index (χ2n) is 3.46. The van der Waals surface area contributed by atoms with Crippen molar-refractivity contribution in [3.8, 4) is 5.75 Å². The normalized spacial score (nSPS) is 10.0. The number of hydrogen-bond acceptors (Lipinski definition) is 4. The Bertz CT molecular complexity index is 403. The maximum atomic E-state index is 11.3. The van der Waals surface area contributed by atoms with Crippen molar-refractivity contribution < 1.29 is 19.4 Å². The third-order valence-electron chi connectivity index (χ3n) is 2.12. The van der Waals surface area contributed by atoms with Crippen molar-refractivity contribution in [1.29, 1.82) is 0 Å². The number of aliphatic hydroxyl groups excluding tert-OH is 1. The Hall–Kier alpha value is -1.39. The highest BCUT2D eigenvalue weighted by Gasteiger charge is 2.06. The van der Waals surface area contributed by atoms with E-state index in [-0.39, 0.29) is 24.0 Å². The highest BCUT2D eigenvalue weighted by Crippen LogP contribution is 2.21. The zero-order valence-electron chi connectivity index (χ0n) is 9.19. The lowest BCUT2D eigenvalue weighted by Gasteiger charge is -2.05. The van der Waals surface area contributed by atoms with E-state index in [9.17, 15) is 9.59 Å². The van der Waals surface area contributed by atoms with Gasteiger partial charge >= 0.3 is 5.97 Å². The highest BCUT2D eigenvalue weighted by atomic mass is 35.5. The van der Waals surface area contributed by atoms with Crippen LogP contribution in [0.25, 0.3) is 0 Å². The fourth-order valence-corrected chi connectivity index (χ4v) is 1.45. The fraction of sp³-hybridized carbons (Fsp3) is 0.333. The van der Waals surface area contributed by atoms with Crippen LogP contribution in [0.15, 0.2) is 18.2 Å². The number of aliphatic hydroxyl groups is 1. The van der Waals surface area contributed by atoms with Crippen LogP contribution in [0, 0.1) is 0 Å². The van der Waals surface area contributed by atoms with Crippen LogP contribution in [-0.4, -0.2) is 24.0 Å². The van der Waals surface area contributed by atoms with E-state index < -0.39 is 0 Å². The average Bonchev–Trinajstić information content (AvgIpc) is 2.29. The molecule has 0 spiro atoms. The molecule has 0 aliphatic carbocycles. The van der Waals surface area contributed by atoms with E-state index in [4.69, 9.17) is 21.4 Å². The summed E-state index contributed by atoms with van der Waals surface area (Å²) < 4.78 is 5.02. The van der Waals surface area contributed by atoms with E-state index in [1.165, 1.54) is 18.2 Å². The maximum Gasteiger partial charge on any atom is 0.311 e. The van der Waals surface area contributed by atoms with Crippen molar-refractivity contribution >= 4 is 23.9 Å². The molecule has 0 atom stereocenters. The predicted molar refractivity (Wildman–Crippen MR) is 63.4 cm³/mol. The Morgan fingerprint density at radius 2 is 2.18 bits per heavy atom. The van der Waals surface area contributed by atoms with Gasteiger partial charge in [-0.05, 0) is 25.0 Å². The lowest BCUT2D eigenvalue weighted by molar-refractivity contribution is -0.134. The van der Waals surface area contributed by atoms with Gasteiger partial charge in [-0.3, -0.25) is 9.59 Å². The number of carbonyl (C=O) groups excluding carboxylic acids is 2. The van der Waals surface area contributed by atoms with Crippen LogP contribution in [0.4, 0.5) is 0 Å². The van der Waals surface area contributed by atoms with E-state index in [1.54, 1.807) is 0 Å². The van der Waals surface area contributed by atoms with E-state index in [2.05, 4.69) is 0 Å². The number of ether oxygens (including phenoxy) is 1. The Morgan fingerprint density at radius 3 is 2.76 bits per heavy atom.